The minimum atomic E-state index is -0.547. The molecule has 1 fully saturated rings. The highest BCUT2D eigenvalue weighted by molar-refractivity contribution is 7.99. The normalized spacial score (nSPS) is 18.9. The van der Waals surface area contributed by atoms with Gasteiger partial charge in [0.15, 0.2) is 0 Å². The molecule has 1 aromatic carbocycles. The second kappa shape index (κ2) is 5.20. The molecule has 1 unspecified atom stereocenters. The molecule has 6 heteroatoms. The first-order chi connectivity index (χ1) is 8.18. The topological polar surface area (TPSA) is 84.2 Å². The zero-order chi connectivity index (χ0) is 12.3. The number of nitrogens with one attached hydrogen (secondary N) is 2. The minimum absolute atomic E-state index is 0.135. The van der Waals surface area contributed by atoms with Crippen molar-refractivity contribution >= 4 is 29.3 Å². The third kappa shape index (κ3) is 2.78. The fourth-order valence-electron chi connectivity index (χ4n) is 1.59. The van der Waals surface area contributed by atoms with Crippen LogP contribution in [0.25, 0.3) is 0 Å². The van der Waals surface area contributed by atoms with E-state index in [1.807, 2.05) is 0 Å². The van der Waals surface area contributed by atoms with Crippen molar-refractivity contribution in [2.24, 2.45) is 5.73 Å². The summed E-state index contributed by atoms with van der Waals surface area (Å²) in [6.45, 7) is 0. The van der Waals surface area contributed by atoms with Crippen LogP contribution in [0.5, 0.6) is 0 Å². The van der Waals surface area contributed by atoms with Crippen molar-refractivity contribution in [2.45, 2.75) is 6.04 Å². The van der Waals surface area contributed by atoms with E-state index in [1.54, 1.807) is 36.0 Å². The number of hydrogen-bond donors (Lipinski definition) is 3. The molecule has 1 aromatic rings. The maximum atomic E-state index is 11.9. The van der Waals surface area contributed by atoms with E-state index in [0.717, 1.165) is 11.6 Å². The van der Waals surface area contributed by atoms with Crippen molar-refractivity contribution in [3.8, 4) is 0 Å². The van der Waals surface area contributed by atoms with E-state index in [-0.39, 0.29) is 11.9 Å². The lowest BCUT2D eigenvalue weighted by Crippen LogP contribution is -2.37. The number of amides is 2. The molecular formula is C11H13N3O2S. The van der Waals surface area contributed by atoms with E-state index in [1.165, 1.54) is 0 Å². The Morgan fingerprint density at radius 1 is 1.41 bits per heavy atom. The Balaban J connectivity index is 2.12. The number of benzene rings is 1. The average Bonchev–Trinajstić information content (AvgIpc) is 2.83. The lowest BCUT2D eigenvalue weighted by atomic mass is 10.1. The molecule has 1 heterocycles. The van der Waals surface area contributed by atoms with Gasteiger partial charge in [0, 0.05) is 11.6 Å². The monoisotopic (exact) mass is 251 g/mol. The number of rotatable bonds is 3. The summed E-state index contributed by atoms with van der Waals surface area (Å²) in [5.74, 6) is 0.832. The van der Waals surface area contributed by atoms with Gasteiger partial charge in [0.1, 0.15) is 0 Å². The average molecular weight is 251 g/mol. The van der Waals surface area contributed by atoms with Crippen LogP contribution >= 0.6 is 11.8 Å². The Hall–Kier alpha value is -1.53. The van der Waals surface area contributed by atoms with Crippen LogP contribution in [0, 0.1) is 0 Å². The highest BCUT2D eigenvalue weighted by Gasteiger charge is 2.23. The fraction of sp³-hybridized carbons (Fsp3) is 0.273. The van der Waals surface area contributed by atoms with Crippen LogP contribution in [0.4, 0.5) is 5.69 Å². The van der Waals surface area contributed by atoms with Crippen LogP contribution in [0.15, 0.2) is 24.3 Å². The van der Waals surface area contributed by atoms with Gasteiger partial charge in [0.2, 0.25) is 5.91 Å². The molecule has 0 aromatic heterocycles. The Morgan fingerprint density at radius 2 is 2.18 bits per heavy atom. The highest BCUT2D eigenvalue weighted by Crippen LogP contribution is 2.16. The summed E-state index contributed by atoms with van der Waals surface area (Å²) in [4.78, 5) is 23.0. The van der Waals surface area contributed by atoms with Crippen LogP contribution in [0.1, 0.15) is 10.4 Å². The van der Waals surface area contributed by atoms with Crippen molar-refractivity contribution < 1.29 is 9.59 Å². The smallest absolute Gasteiger partial charge is 0.250 e. The van der Waals surface area contributed by atoms with Crippen molar-refractivity contribution in [3.63, 3.8) is 0 Å². The summed E-state index contributed by atoms with van der Waals surface area (Å²) < 4.78 is 0. The molecule has 2 rings (SSSR count). The van der Waals surface area contributed by atoms with E-state index in [0.29, 0.717) is 11.3 Å². The molecule has 0 spiro atoms. The van der Waals surface area contributed by atoms with Crippen molar-refractivity contribution in [1.29, 1.82) is 0 Å². The highest BCUT2D eigenvalue weighted by atomic mass is 32.2. The molecule has 1 atom stereocenters. The quantitative estimate of drug-likeness (QED) is 0.725. The number of para-hydroxylation sites is 1. The first kappa shape index (κ1) is 11.9. The van der Waals surface area contributed by atoms with Gasteiger partial charge in [-0.05, 0) is 12.1 Å². The van der Waals surface area contributed by atoms with Gasteiger partial charge in [0.05, 0.1) is 17.3 Å². The molecule has 17 heavy (non-hydrogen) atoms. The standard InChI is InChI=1S/C11H13N3O2S/c12-10(15)7-3-1-2-4-8(7)14-11(16)9-5-17-6-13-9/h1-4,9,13H,5-6H2,(H2,12,15)(H,14,16). The van der Waals surface area contributed by atoms with Gasteiger partial charge >= 0.3 is 0 Å². The van der Waals surface area contributed by atoms with E-state index >= 15 is 0 Å². The lowest BCUT2D eigenvalue weighted by molar-refractivity contribution is -0.117. The maximum absolute atomic E-state index is 11.9. The predicted octanol–water partition coefficient (Wildman–Crippen LogP) is 0.386. The lowest BCUT2D eigenvalue weighted by Gasteiger charge is -2.12. The van der Waals surface area contributed by atoms with Gasteiger partial charge in [-0.3, -0.25) is 14.9 Å². The van der Waals surface area contributed by atoms with Gasteiger partial charge in [-0.15, -0.1) is 11.8 Å². The Morgan fingerprint density at radius 3 is 2.82 bits per heavy atom. The molecule has 2 amide bonds. The van der Waals surface area contributed by atoms with Gasteiger partial charge in [0.25, 0.3) is 5.91 Å². The second-order valence-corrected chi connectivity index (χ2v) is 4.70. The number of carbonyl (C=O) groups is 2. The summed E-state index contributed by atoms with van der Waals surface area (Å²) in [6, 6.07) is 6.51. The molecule has 0 saturated carbocycles. The maximum Gasteiger partial charge on any atom is 0.250 e. The van der Waals surface area contributed by atoms with Crippen molar-refractivity contribution in [1.82, 2.24) is 5.32 Å². The number of carbonyl (C=O) groups excluding carboxylic acids is 2. The summed E-state index contributed by atoms with van der Waals surface area (Å²) >= 11 is 1.67. The molecule has 0 aliphatic carbocycles. The molecule has 5 nitrogen and oxygen atoms in total. The number of primary amides is 1. The minimum Gasteiger partial charge on any atom is -0.366 e. The number of nitrogens with two attached hydrogens (primary N) is 1. The van der Waals surface area contributed by atoms with Crippen molar-refractivity contribution in [3.05, 3.63) is 29.8 Å². The van der Waals surface area contributed by atoms with Gasteiger partial charge < -0.3 is 11.1 Å². The fourth-order valence-corrected chi connectivity index (χ4v) is 2.53. The Labute approximate surface area is 103 Å². The van der Waals surface area contributed by atoms with E-state index in [9.17, 15) is 9.59 Å². The molecule has 1 saturated heterocycles. The third-order valence-electron chi connectivity index (χ3n) is 2.48. The van der Waals surface area contributed by atoms with Gasteiger partial charge in [-0.1, -0.05) is 12.1 Å². The predicted molar refractivity (Wildman–Crippen MR) is 67.8 cm³/mol. The molecular weight excluding hydrogens is 238 g/mol. The zero-order valence-electron chi connectivity index (χ0n) is 9.10. The molecule has 90 valence electrons. The molecule has 0 bridgehead atoms. The Bertz CT molecular complexity index is 444. The van der Waals surface area contributed by atoms with Crippen LogP contribution in [-0.2, 0) is 4.79 Å². The number of thioether (sulfide) groups is 1. The van der Waals surface area contributed by atoms with E-state index in [4.69, 9.17) is 5.73 Å². The SMILES string of the molecule is NC(=O)c1ccccc1NC(=O)C1CSCN1. The number of hydrogen-bond acceptors (Lipinski definition) is 4. The van der Waals surface area contributed by atoms with E-state index < -0.39 is 5.91 Å². The molecule has 1 aliphatic rings. The van der Waals surface area contributed by atoms with Gasteiger partial charge in [-0.25, -0.2) is 0 Å². The van der Waals surface area contributed by atoms with Crippen LogP contribution < -0.4 is 16.4 Å². The van der Waals surface area contributed by atoms with Gasteiger partial charge in [-0.2, -0.15) is 0 Å². The zero-order valence-corrected chi connectivity index (χ0v) is 9.92. The molecule has 0 radical (unpaired) electrons. The third-order valence-corrected chi connectivity index (χ3v) is 3.42. The van der Waals surface area contributed by atoms with E-state index in [2.05, 4.69) is 10.6 Å². The van der Waals surface area contributed by atoms with Crippen molar-refractivity contribution in [2.75, 3.05) is 16.9 Å². The summed E-state index contributed by atoms with van der Waals surface area (Å²) in [5.41, 5.74) is 6.02. The van der Waals surface area contributed by atoms with Crippen LogP contribution in [0.3, 0.4) is 0 Å². The number of anilines is 1. The molecule has 4 N–H and O–H groups in total. The van der Waals surface area contributed by atoms with Crippen LogP contribution in [-0.4, -0.2) is 29.5 Å². The van der Waals surface area contributed by atoms with Crippen LogP contribution in [0.2, 0.25) is 0 Å². The molecule has 1 aliphatic heterocycles. The summed E-state index contributed by atoms with van der Waals surface area (Å²) in [6.07, 6.45) is 0. The Kier molecular flexibility index (Phi) is 3.65. The summed E-state index contributed by atoms with van der Waals surface area (Å²) in [5, 5.41) is 5.78. The summed E-state index contributed by atoms with van der Waals surface area (Å²) in [7, 11) is 0. The second-order valence-electron chi connectivity index (χ2n) is 3.67. The largest absolute Gasteiger partial charge is 0.366 e. The first-order valence-electron chi connectivity index (χ1n) is 5.19. The first-order valence-corrected chi connectivity index (χ1v) is 6.35.